The van der Waals surface area contributed by atoms with E-state index >= 15 is 0 Å². The van der Waals surface area contributed by atoms with Gasteiger partial charge in [0, 0.05) is 12.0 Å². The molecule has 100 valence electrons. The molecule has 2 aromatic rings. The van der Waals surface area contributed by atoms with Crippen molar-refractivity contribution in [3.63, 3.8) is 0 Å². The Labute approximate surface area is 110 Å². The van der Waals surface area contributed by atoms with Crippen molar-refractivity contribution in [2.24, 2.45) is 0 Å². The lowest BCUT2D eigenvalue weighted by Crippen LogP contribution is -2.07. The number of carbonyl (C=O) groups excluding carboxylic acids is 1. The maximum absolute atomic E-state index is 13.2. The van der Waals surface area contributed by atoms with Gasteiger partial charge in [0.2, 0.25) is 11.7 Å². The van der Waals surface area contributed by atoms with Crippen LogP contribution in [-0.4, -0.2) is 15.9 Å². The molecule has 1 atom stereocenters. The van der Waals surface area contributed by atoms with Crippen molar-refractivity contribution < 1.29 is 13.7 Å². The minimum absolute atomic E-state index is 0.0467. The standard InChI is InChI=1S/C14H15FN2O2/c1-4-12(18)9(3)14-16-13(17-19-14)10-5-6-11(15)8(2)7-10/h5-7,9H,4H2,1-3H3. The lowest BCUT2D eigenvalue weighted by atomic mass is 10.1. The lowest BCUT2D eigenvalue weighted by molar-refractivity contribution is -0.120. The molecule has 0 aliphatic carbocycles. The van der Waals surface area contributed by atoms with Gasteiger partial charge in [-0.2, -0.15) is 4.98 Å². The van der Waals surface area contributed by atoms with Gasteiger partial charge in [0.15, 0.2) is 0 Å². The third-order valence-electron chi connectivity index (χ3n) is 3.06. The Morgan fingerprint density at radius 3 is 2.84 bits per heavy atom. The highest BCUT2D eigenvalue weighted by Crippen LogP contribution is 2.22. The number of hydrogen-bond acceptors (Lipinski definition) is 4. The number of Topliss-reactive ketones (excluding diaryl/α,β-unsaturated/α-hetero) is 1. The molecule has 4 nitrogen and oxygen atoms in total. The minimum Gasteiger partial charge on any atom is -0.338 e. The van der Waals surface area contributed by atoms with Crippen LogP contribution in [0.1, 0.15) is 37.6 Å². The second-order valence-electron chi connectivity index (χ2n) is 4.46. The zero-order valence-corrected chi connectivity index (χ0v) is 11.1. The highest BCUT2D eigenvalue weighted by atomic mass is 19.1. The fourth-order valence-electron chi connectivity index (χ4n) is 1.76. The highest BCUT2D eigenvalue weighted by molar-refractivity contribution is 5.84. The normalized spacial score (nSPS) is 12.4. The molecule has 0 amide bonds. The van der Waals surface area contributed by atoms with Crippen LogP contribution in [0.25, 0.3) is 11.4 Å². The zero-order valence-electron chi connectivity index (χ0n) is 11.1. The summed E-state index contributed by atoms with van der Waals surface area (Å²) < 4.78 is 18.3. The summed E-state index contributed by atoms with van der Waals surface area (Å²) in [5.41, 5.74) is 1.19. The van der Waals surface area contributed by atoms with Crippen LogP contribution in [0.5, 0.6) is 0 Å². The molecule has 0 radical (unpaired) electrons. The van der Waals surface area contributed by atoms with Gasteiger partial charge in [-0.05, 0) is 37.6 Å². The van der Waals surface area contributed by atoms with Gasteiger partial charge in [0.25, 0.3) is 0 Å². The van der Waals surface area contributed by atoms with Crippen molar-refractivity contribution >= 4 is 5.78 Å². The van der Waals surface area contributed by atoms with Gasteiger partial charge in [-0.3, -0.25) is 4.79 Å². The Morgan fingerprint density at radius 2 is 2.21 bits per heavy atom. The monoisotopic (exact) mass is 262 g/mol. The Balaban J connectivity index is 2.30. The number of carbonyl (C=O) groups is 1. The number of rotatable bonds is 4. The first-order chi connectivity index (χ1) is 9.02. The van der Waals surface area contributed by atoms with Crippen LogP contribution in [0.4, 0.5) is 4.39 Å². The molecule has 0 saturated heterocycles. The molecule has 19 heavy (non-hydrogen) atoms. The van der Waals surface area contributed by atoms with E-state index < -0.39 is 5.92 Å². The maximum atomic E-state index is 13.2. The molecule has 1 aromatic carbocycles. The lowest BCUT2D eigenvalue weighted by Gasteiger charge is -2.01. The molecule has 0 aliphatic heterocycles. The van der Waals surface area contributed by atoms with E-state index in [9.17, 15) is 9.18 Å². The molecule has 2 rings (SSSR count). The SMILES string of the molecule is CCC(=O)C(C)c1nc(-c2ccc(F)c(C)c2)no1. The average molecular weight is 262 g/mol. The first kappa shape index (κ1) is 13.4. The fraction of sp³-hybridized carbons (Fsp3) is 0.357. The molecule has 1 unspecified atom stereocenters. The predicted octanol–water partition coefficient (Wildman–Crippen LogP) is 3.27. The summed E-state index contributed by atoms with van der Waals surface area (Å²) in [6, 6.07) is 4.60. The molecule has 0 saturated carbocycles. The number of aromatic nitrogens is 2. The van der Waals surface area contributed by atoms with Gasteiger partial charge >= 0.3 is 0 Å². The van der Waals surface area contributed by atoms with Crippen LogP contribution in [0.3, 0.4) is 0 Å². The Bertz CT molecular complexity index is 607. The summed E-state index contributed by atoms with van der Waals surface area (Å²) in [6.45, 7) is 5.20. The van der Waals surface area contributed by atoms with Gasteiger partial charge in [-0.1, -0.05) is 12.1 Å². The predicted molar refractivity (Wildman–Crippen MR) is 68.1 cm³/mol. The second-order valence-corrected chi connectivity index (χ2v) is 4.46. The van der Waals surface area contributed by atoms with Crippen LogP contribution >= 0.6 is 0 Å². The van der Waals surface area contributed by atoms with Gasteiger partial charge in [-0.25, -0.2) is 4.39 Å². The van der Waals surface area contributed by atoms with Gasteiger partial charge in [0.05, 0.1) is 5.92 Å². The number of aryl methyl sites for hydroxylation is 1. The van der Waals surface area contributed by atoms with Crippen LogP contribution in [0, 0.1) is 12.7 Å². The topological polar surface area (TPSA) is 56.0 Å². The maximum Gasteiger partial charge on any atom is 0.237 e. The van der Waals surface area contributed by atoms with Crippen LogP contribution in [0.2, 0.25) is 0 Å². The molecule has 0 bridgehead atoms. The van der Waals surface area contributed by atoms with Crippen molar-refractivity contribution in [3.8, 4) is 11.4 Å². The van der Waals surface area contributed by atoms with E-state index in [4.69, 9.17) is 4.52 Å². The third kappa shape index (κ3) is 2.70. The smallest absolute Gasteiger partial charge is 0.237 e. The first-order valence-corrected chi connectivity index (χ1v) is 6.15. The number of benzene rings is 1. The molecule has 1 aromatic heterocycles. The highest BCUT2D eigenvalue weighted by Gasteiger charge is 2.20. The summed E-state index contributed by atoms with van der Waals surface area (Å²) in [5.74, 6) is 0.0259. The van der Waals surface area contributed by atoms with Crippen molar-refractivity contribution in [1.29, 1.82) is 0 Å². The van der Waals surface area contributed by atoms with Crippen LogP contribution in [-0.2, 0) is 4.79 Å². The molecule has 0 fully saturated rings. The van der Waals surface area contributed by atoms with E-state index in [1.54, 1.807) is 32.9 Å². The van der Waals surface area contributed by atoms with Crippen molar-refractivity contribution in [2.75, 3.05) is 0 Å². The van der Waals surface area contributed by atoms with E-state index in [-0.39, 0.29) is 11.6 Å². The van der Waals surface area contributed by atoms with Crippen LogP contribution in [0.15, 0.2) is 22.7 Å². The molecule has 0 N–H and O–H groups in total. The molecular formula is C14H15FN2O2. The number of ketones is 1. The first-order valence-electron chi connectivity index (χ1n) is 6.15. The number of hydrogen-bond donors (Lipinski definition) is 0. The third-order valence-corrected chi connectivity index (χ3v) is 3.06. The molecule has 0 spiro atoms. The quantitative estimate of drug-likeness (QED) is 0.848. The largest absolute Gasteiger partial charge is 0.338 e. The van der Waals surface area contributed by atoms with Crippen molar-refractivity contribution in [1.82, 2.24) is 10.1 Å². The van der Waals surface area contributed by atoms with Gasteiger partial charge in [0.1, 0.15) is 11.6 Å². The molecule has 5 heteroatoms. The second kappa shape index (κ2) is 5.30. The van der Waals surface area contributed by atoms with Gasteiger partial charge in [-0.15, -0.1) is 0 Å². The van der Waals surface area contributed by atoms with Crippen molar-refractivity contribution in [2.45, 2.75) is 33.1 Å². The van der Waals surface area contributed by atoms with E-state index in [1.165, 1.54) is 6.07 Å². The summed E-state index contributed by atoms with van der Waals surface area (Å²) in [7, 11) is 0. The van der Waals surface area contributed by atoms with Gasteiger partial charge < -0.3 is 4.52 Å². The van der Waals surface area contributed by atoms with Crippen LogP contribution < -0.4 is 0 Å². The molecule has 1 heterocycles. The fourth-order valence-corrected chi connectivity index (χ4v) is 1.76. The summed E-state index contributed by atoms with van der Waals surface area (Å²) in [4.78, 5) is 15.8. The average Bonchev–Trinajstić information content (AvgIpc) is 2.89. The number of halogens is 1. The Kier molecular flexibility index (Phi) is 3.74. The van der Waals surface area contributed by atoms with E-state index in [1.807, 2.05) is 0 Å². The van der Waals surface area contributed by atoms with E-state index in [0.717, 1.165) is 0 Å². The Hall–Kier alpha value is -2.04. The summed E-state index contributed by atoms with van der Waals surface area (Å²) in [6.07, 6.45) is 0.425. The summed E-state index contributed by atoms with van der Waals surface area (Å²) in [5, 5.41) is 3.83. The molecule has 0 aliphatic rings. The minimum atomic E-state index is -0.409. The van der Waals surface area contributed by atoms with E-state index in [0.29, 0.717) is 29.3 Å². The van der Waals surface area contributed by atoms with Crippen molar-refractivity contribution in [3.05, 3.63) is 35.5 Å². The number of nitrogens with zero attached hydrogens (tertiary/aromatic N) is 2. The molecular weight excluding hydrogens is 247 g/mol. The Morgan fingerprint density at radius 1 is 1.47 bits per heavy atom. The zero-order chi connectivity index (χ0) is 14.0. The summed E-state index contributed by atoms with van der Waals surface area (Å²) >= 11 is 0. The van der Waals surface area contributed by atoms with E-state index in [2.05, 4.69) is 10.1 Å².